The summed E-state index contributed by atoms with van der Waals surface area (Å²) < 4.78 is 32.3. The monoisotopic (exact) mass is 375 g/mol. The van der Waals surface area contributed by atoms with Crippen molar-refractivity contribution in [2.45, 2.75) is 37.1 Å². The van der Waals surface area contributed by atoms with E-state index in [1.807, 2.05) is 31.2 Å². The lowest BCUT2D eigenvalue weighted by atomic mass is 10.1. The van der Waals surface area contributed by atoms with Crippen LogP contribution in [0.1, 0.15) is 37.8 Å². The van der Waals surface area contributed by atoms with Crippen LogP contribution in [0.3, 0.4) is 0 Å². The van der Waals surface area contributed by atoms with Crippen LogP contribution in [0.4, 0.5) is 5.82 Å². The molecule has 140 valence electrons. The molecule has 1 saturated heterocycles. The molecule has 0 radical (unpaired) electrons. The summed E-state index contributed by atoms with van der Waals surface area (Å²) in [5.74, 6) is 1.43. The van der Waals surface area contributed by atoms with Gasteiger partial charge in [-0.25, -0.2) is 13.4 Å². The van der Waals surface area contributed by atoms with E-state index in [1.165, 1.54) is 6.20 Å². The number of pyridine rings is 1. The normalized spacial score (nSPS) is 16.8. The van der Waals surface area contributed by atoms with Crippen LogP contribution in [0.25, 0.3) is 0 Å². The molecule has 0 spiro atoms. The maximum Gasteiger partial charge on any atom is 0.244 e. The standard InChI is InChI=1S/C19H25N3O3S/c1-15(17-8-4-5-9-18(17)25-2)21-19-11-10-16(14-20-19)26(23,24)22-12-6-3-7-13-22/h4-5,8-11,14-15H,3,6-7,12-13H2,1-2H3,(H,20,21)/t15-/m1/s1. The molecule has 0 saturated carbocycles. The second-order valence-corrected chi connectivity index (χ2v) is 8.39. The lowest BCUT2D eigenvalue weighted by Crippen LogP contribution is -2.35. The Kier molecular flexibility index (Phi) is 5.78. The molecule has 7 heteroatoms. The van der Waals surface area contributed by atoms with Crippen molar-refractivity contribution in [3.05, 3.63) is 48.2 Å². The highest BCUT2D eigenvalue weighted by molar-refractivity contribution is 7.89. The van der Waals surface area contributed by atoms with Crippen molar-refractivity contribution >= 4 is 15.8 Å². The summed E-state index contributed by atoms with van der Waals surface area (Å²) in [6.07, 6.45) is 4.36. The molecule has 1 aliphatic heterocycles. The van der Waals surface area contributed by atoms with Gasteiger partial charge in [0.15, 0.2) is 0 Å². The number of anilines is 1. The zero-order valence-electron chi connectivity index (χ0n) is 15.2. The fourth-order valence-corrected chi connectivity index (χ4v) is 4.66. The van der Waals surface area contributed by atoms with E-state index in [4.69, 9.17) is 4.74 Å². The van der Waals surface area contributed by atoms with Crippen LogP contribution in [0.15, 0.2) is 47.5 Å². The molecule has 2 heterocycles. The van der Waals surface area contributed by atoms with Gasteiger partial charge in [0.05, 0.1) is 13.2 Å². The first-order valence-corrected chi connectivity index (χ1v) is 10.3. The average Bonchev–Trinajstić information content (AvgIpc) is 2.69. The van der Waals surface area contributed by atoms with Gasteiger partial charge in [-0.15, -0.1) is 0 Å². The average molecular weight is 375 g/mol. The van der Waals surface area contributed by atoms with Crippen molar-refractivity contribution < 1.29 is 13.2 Å². The van der Waals surface area contributed by atoms with Gasteiger partial charge in [-0.05, 0) is 38.0 Å². The first kappa shape index (κ1) is 18.7. The molecule has 26 heavy (non-hydrogen) atoms. The van der Waals surface area contributed by atoms with Gasteiger partial charge in [0, 0.05) is 24.8 Å². The molecular weight excluding hydrogens is 350 g/mol. The summed E-state index contributed by atoms with van der Waals surface area (Å²) in [6.45, 7) is 3.19. The van der Waals surface area contributed by atoms with Gasteiger partial charge in [-0.1, -0.05) is 24.6 Å². The fraction of sp³-hybridized carbons (Fsp3) is 0.421. The molecule has 1 atom stereocenters. The molecule has 3 rings (SSSR count). The number of para-hydroxylation sites is 1. The first-order chi connectivity index (χ1) is 12.5. The molecule has 0 bridgehead atoms. The Hall–Kier alpha value is -2.12. The zero-order valence-corrected chi connectivity index (χ0v) is 16.0. The van der Waals surface area contributed by atoms with Crippen molar-refractivity contribution in [2.75, 3.05) is 25.5 Å². The molecular formula is C19H25N3O3S. The molecule has 2 aromatic rings. The van der Waals surface area contributed by atoms with Crippen LogP contribution in [-0.4, -0.2) is 37.9 Å². The molecule has 6 nitrogen and oxygen atoms in total. The van der Waals surface area contributed by atoms with Crippen LogP contribution < -0.4 is 10.1 Å². The summed E-state index contributed by atoms with van der Waals surface area (Å²) in [7, 11) is -1.80. The Bertz CT molecular complexity index is 831. The van der Waals surface area contributed by atoms with Gasteiger partial charge in [0.25, 0.3) is 0 Å². The molecule has 1 fully saturated rings. The van der Waals surface area contributed by atoms with E-state index in [-0.39, 0.29) is 10.9 Å². The Balaban J connectivity index is 1.73. The second-order valence-electron chi connectivity index (χ2n) is 6.45. The summed E-state index contributed by atoms with van der Waals surface area (Å²) >= 11 is 0. The summed E-state index contributed by atoms with van der Waals surface area (Å²) in [5, 5.41) is 3.29. The van der Waals surface area contributed by atoms with Crippen LogP contribution >= 0.6 is 0 Å². The molecule has 0 aliphatic carbocycles. The van der Waals surface area contributed by atoms with Gasteiger partial charge < -0.3 is 10.1 Å². The Labute approximate surface area is 155 Å². The van der Waals surface area contributed by atoms with Crippen molar-refractivity contribution in [3.8, 4) is 5.75 Å². The third-order valence-electron chi connectivity index (χ3n) is 4.66. The third-order valence-corrected chi connectivity index (χ3v) is 6.54. The van der Waals surface area contributed by atoms with Gasteiger partial charge in [-0.2, -0.15) is 4.31 Å². The minimum Gasteiger partial charge on any atom is -0.496 e. The SMILES string of the molecule is COc1ccccc1[C@@H](C)Nc1ccc(S(=O)(=O)N2CCCCC2)cn1. The highest BCUT2D eigenvalue weighted by Crippen LogP contribution is 2.27. The molecule has 1 aliphatic rings. The van der Waals surface area contributed by atoms with E-state index in [1.54, 1.807) is 23.5 Å². The number of nitrogens with one attached hydrogen (secondary N) is 1. The molecule has 1 aromatic heterocycles. The van der Waals surface area contributed by atoms with Crippen molar-refractivity contribution in [1.82, 2.24) is 9.29 Å². The van der Waals surface area contributed by atoms with E-state index in [0.29, 0.717) is 18.9 Å². The molecule has 0 unspecified atom stereocenters. The van der Waals surface area contributed by atoms with Gasteiger partial charge in [0.2, 0.25) is 10.0 Å². The largest absolute Gasteiger partial charge is 0.496 e. The number of benzene rings is 1. The number of nitrogens with zero attached hydrogens (tertiary/aromatic N) is 2. The predicted octanol–water partition coefficient (Wildman–Crippen LogP) is 3.44. The number of aromatic nitrogens is 1. The Morgan fingerprint density at radius 1 is 1.12 bits per heavy atom. The number of rotatable bonds is 6. The van der Waals surface area contributed by atoms with Crippen molar-refractivity contribution in [2.24, 2.45) is 0 Å². The topological polar surface area (TPSA) is 71.5 Å². The molecule has 1 N–H and O–H groups in total. The number of hydrogen-bond donors (Lipinski definition) is 1. The van der Waals surface area contributed by atoms with Gasteiger partial charge >= 0.3 is 0 Å². The Morgan fingerprint density at radius 2 is 1.85 bits per heavy atom. The predicted molar refractivity (Wildman–Crippen MR) is 102 cm³/mol. The Morgan fingerprint density at radius 3 is 2.50 bits per heavy atom. The third kappa shape index (κ3) is 3.99. The van der Waals surface area contributed by atoms with Crippen LogP contribution in [-0.2, 0) is 10.0 Å². The fourth-order valence-electron chi connectivity index (χ4n) is 3.20. The number of ether oxygens (including phenoxy) is 1. The number of hydrogen-bond acceptors (Lipinski definition) is 5. The number of sulfonamides is 1. The minimum absolute atomic E-state index is 0.0248. The summed E-state index contributed by atoms with van der Waals surface area (Å²) in [4.78, 5) is 4.55. The first-order valence-electron chi connectivity index (χ1n) is 8.88. The minimum atomic E-state index is -3.45. The van der Waals surface area contributed by atoms with E-state index in [2.05, 4.69) is 10.3 Å². The lowest BCUT2D eigenvalue weighted by molar-refractivity contribution is 0.346. The highest BCUT2D eigenvalue weighted by Gasteiger charge is 2.26. The summed E-state index contributed by atoms with van der Waals surface area (Å²) in [6, 6.07) is 11.1. The van der Waals surface area contributed by atoms with E-state index in [0.717, 1.165) is 30.6 Å². The number of piperidine rings is 1. The van der Waals surface area contributed by atoms with Crippen LogP contribution in [0, 0.1) is 0 Å². The number of methoxy groups -OCH3 is 1. The highest BCUT2D eigenvalue weighted by atomic mass is 32.2. The van der Waals surface area contributed by atoms with Crippen molar-refractivity contribution in [3.63, 3.8) is 0 Å². The maximum atomic E-state index is 12.7. The zero-order chi connectivity index (χ0) is 18.6. The van der Waals surface area contributed by atoms with Crippen LogP contribution in [0.5, 0.6) is 5.75 Å². The smallest absolute Gasteiger partial charge is 0.244 e. The maximum absolute atomic E-state index is 12.7. The van der Waals surface area contributed by atoms with Gasteiger partial charge in [-0.3, -0.25) is 0 Å². The van der Waals surface area contributed by atoms with Crippen molar-refractivity contribution in [1.29, 1.82) is 0 Å². The van der Waals surface area contributed by atoms with E-state index in [9.17, 15) is 8.42 Å². The second kappa shape index (κ2) is 8.05. The molecule has 0 amide bonds. The van der Waals surface area contributed by atoms with E-state index >= 15 is 0 Å². The van der Waals surface area contributed by atoms with Crippen LogP contribution in [0.2, 0.25) is 0 Å². The summed E-state index contributed by atoms with van der Waals surface area (Å²) in [5.41, 5.74) is 1.02. The van der Waals surface area contributed by atoms with Gasteiger partial charge in [0.1, 0.15) is 16.5 Å². The molecule has 1 aromatic carbocycles. The van der Waals surface area contributed by atoms with E-state index < -0.39 is 10.0 Å². The quantitative estimate of drug-likeness (QED) is 0.837. The lowest BCUT2D eigenvalue weighted by Gasteiger charge is -2.25.